The molecule has 0 radical (unpaired) electrons. The number of amides is 1. The molecule has 0 N–H and O–H groups in total. The molecule has 0 atom stereocenters. The Morgan fingerprint density at radius 2 is 1.72 bits per heavy atom. The fourth-order valence-electron chi connectivity index (χ4n) is 2.41. The van der Waals surface area contributed by atoms with Crippen LogP contribution in [0.1, 0.15) is 22.3 Å². The van der Waals surface area contributed by atoms with Crippen LogP contribution in [0.25, 0.3) is 0 Å². The summed E-state index contributed by atoms with van der Waals surface area (Å²) in [6, 6.07) is 13.5. The molecule has 0 aliphatic carbocycles. The van der Waals surface area contributed by atoms with Crippen LogP contribution >= 0.6 is 11.8 Å². The number of hydrogen-bond donors (Lipinski definition) is 0. The predicted octanol–water partition coefficient (Wildman–Crippen LogP) is 4.97. The molecule has 7 heteroatoms. The SMILES string of the molecule is O=C(c1ccc(C(F)(F)F)cc1)N1CCCSC1=Nc1ccccc1. The first-order chi connectivity index (χ1) is 11.9. The van der Waals surface area contributed by atoms with E-state index in [0.717, 1.165) is 30.0 Å². The quantitative estimate of drug-likeness (QED) is 0.753. The van der Waals surface area contributed by atoms with Gasteiger partial charge in [-0.3, -0.25) is 9.69 Å². The minimum Gasteiger partial charge on any atom is -0.287 e. The van der Waals surface area contributed by atoms with Gasteiger partial charge in [-0.25, -0.2) is 4.99 Å². The molecule has 130 valence electrons. The topological polar surface area (TPSA) is 32.7 Å². The van der Waals surface area contributed by atoms with Crippen LogP contribution in [-0.4, -0.2) is 28.3 Å². The van der Waals surface area contributed by atoms with Gasteiger partial charge in [0.05, 0.1) is 11.3 Å². The molecular formula is C18H15F3N2OS. The Labute approximate surface area is 147 Å². The largest absolute Gasteiger partial charge is 0.416 e. The molecule has 25 heavy (non-hydrogen) atoms. The van der Waals surface area contributed by atoms with E-state index in [4.69, 9.17) is 0 Å². The fraction of sp³-hybridized carbons (Fsp3) is 0.222. The molecule has 0 aromatic heterocycles. The highest BCUT2D eigenvalue weighted by Crippen LogP contribution is 2.30. The Morgan fingerprint density at radius 1 is 1.04 bits per heavy atom. The minimum atomic E-state index is -4.41. The van der Waals surface area contributed by atoms with Gasteiger partial charge in [0, 0.05) is 17.9 Å². The van der Waals surface area contributed by atoms with Crippen molar-refractivity contribution in [2.75, 3.05) is 12.3 Å². The van der Waals surface area contributed by atoms with E-state index in [2.05, 4.69) is 4.99 Å². The zero-order valence-electron chi connectivity index (χ0n) is 13.2. The molecule has 1 aliphatic rings. The van der Waals surface area contributed by atoms with E-state index in [1.807, 2.05) is 30.3 Å². The zero-order valence-corrected chi connectivity index (χ0v) is 14.0. The Hall–Kier alpha value is -2.28. The van der Waals surface area contributed by atoms with Crippen LogP contribution in [0.4, 0.5) is 18.9 Å². The van der Waals surface area contributed by atoms with Crippen molar-refractivity contribution in [1.82, 2.24) is 4.90 Å². The maximum atomic E-state index is 12.7. The Morgan fingerprint density at radius 3 is 2.36 bits per heavy atom. The maximum Gasteiger partial charge on any atom is 0.416 e. The number of carbonyl (C=O) groups is 1. The van der Waals surface area contributed by atoms with E-state index in [9.17, 15) is 18.0 Å². The second-order valence-corrected chi connectivity index (χ2v) is 6.53. The number of carbonyl (C=O) groups excluding carboxylic acids is 1. The first-order valence-corrected chi connectivity index (χ1v) is 8.69. The molecule has 2 aromatic rings. The summed E-state index contributed by atoms with van der Waals surface area (Å²) in [5.74, 6) is 0.512. The van der Waals surface area contributed by atoms with Gasteiger partial charge in [0.15, 0.2) is 5.17 Å². The third-order valence-electron chi connectivity index (χ3n) is 3.67. The average molecular weight is 364 g/mol. The van der Waals surface area contributed by atoms with Gasteiger partial charge in [0.25, 0.3) is 5.91 Å². The number of para-hydroxylation sites is 1. The molecule has 0 saturated carbocycles. The number of rotatable bonds is 2. The lowest BCUT2D eigenvalue weighted by Gasteiger charge is -2.28. The Bertz CT molecular complexity index is 773. The van der Waals surface area contributed by atoms with Crippen molar-refractivity contribution >= 4 is 28.5 Å². The van der Waals surface area contributed by atoms with Crippen LogP contribution < -0.4 is 0 Å². The summed E-state index contributed by atoms with van der Waals surface area (Å²) >= 11 is 1.47. The summed E-state index contributed by atoms with van der Waals surface area (Å²) in [6.45, 7) is 0.499. The number of benzene rings is 2. The van der Waals surface area contributed by atoms with Gasteiger partial charge in [0.2, 0.25) is 0 Å². The van der Waals surface area contributed by atoms with E-state index in [1.54, 1.807) is 0 Å². The molecule has 1 saturated heterocycles. The molecule has 1 aliphatic heterocycles. The van der Waals surface area contributed by atoms with Gasteiger partial charge in [-0.15, -0.1) is 0 Å². The lowest BCUT2D eigenvalue weighted by atomic mass is 10.1. The maximum absolute atomic E-state index is 12.7. The second kappa shape index (κ2) is 7.31. The van der Waals surface area contributed by atoms with Crippen molar-refractivity contribution in [1.29, 1.82) is 0 Å². The number of thioether (sulfide) groups is 1. The average Bonchev–Trinajstić information content (AvgIpc) is 2.62. The van der Waals surface area contributed by atoms with Crippen LogP contribution in [0.2, 0.25) is 0 Å². The standard InChI is InChI=1S/C18H15F3N2OS/c19-18(20,21)14-9-7-13(8-10-14)16(24)23-11-4-12-25-17(23)22-15-5-2-1-3-6-15/h1-3,5-10H,4,11-12H2. The number of alkyl halides is 3. The molecule has 3 nitrogen and oxygen atoms in total. The van der Waals surface area contributed by atoms with Crippen molar-refractivity contribution in [2.24, 2.45) is 4.99 Å². The van der Waals surface area contributed by atoms with E-state index >= 15 is 0 Å². The summed E-state index contributed by atoms with van der Waals surface area (Å²) in [7, 11) is 0. The van der Waals surface area contributed by atoms with Gasteiger partial charge in [-0.1, -0.05) is 30.0 Å². The molecule has 0 spiro atoms. The van der Waals surface area contributed by atoms with E-state index in [0.29, 0.717) is 11.7 Å². The van der Waals surface area contributed by atoms with E-state index < -0.39 is 11.7 Å². The van der Waals surface area contributed by atoms with Crippen LogP contribution in [0, 0.1) is 0 Å². The zero-order chi connectivity index (χ0) is 17.9. The smallest absolute Gasteiger partial charge is 0.287 e. The van der Waals surface area contributed by atoms with Crippen LogP contribution in [0.15, 0.2) is 59.6 Å². The third-order valence-corrected chi connectivity index (χ3v) is 4.74. The number of nitrogens with zero attached hydrogens (tertiary/aromatic N) is 2. The van der Waals surface area contributed by atoms with Crippen LogP contribution in [0.3, 0.4) is 0 Å². The second-order valence-electron chi connectivity index (χ2n) is 5.46. The fourth-order valence-corrected chi connectivity index (χ4v) is 3.37. The van der Waals surface area contributed by atoms with Crippen molar-refractivity contribution in [3.05, 3.63) is 65.7 Å². The normalized spacial score (nSPS) is 16.9. The lowest BCUT2D eigenvalue weighted by molar-refractivity contribution is -0.137. The highest BCUT2D eigenvalue weighted by atomic mass is 32.2. The van der Waals surface area contributed by atoms with Crippen molar-refractivity contribution in [3.8, 4) is 0 Å². The molecular weight excluding hydrogens is 349 g/mol. The van der Waals surface area contributed by atoms with Crippen molar-refractivity contribution in [3.63, 3.8) is 0 Å². The number of hydrogen-bond acceptors (Lipinski definition) is 3. The van der Waals surface area contributed by atoms with E-state index in [1.165, 1.54) is 28.8 Å². The van der Waals surface area contributed by atoms with Crippen molar-refractivity contribution < 1.29 is 18.0 Å². The predicted molar refractivity (Wildman–Crippen MR) is 93.1 cm³/mol. The monoisotopic (exact) mass is 364 g/mol. The molecule has 0 bridgehead atoms. The highest BCUT2D eigenvalue weighted by molar-refractivity contribution is 8.13. The first-order valence-electron chi connectivity index (χ1n) is 7.71. The summed E-state index contributed by atoms with van der Waals surface area (Å²) < 4.78 is 38.0. The minimum absolute atomic E-state index is 0.219. The van der Waals surface area contributed by atoms with Crippen molar-refractivity contribution in [2.45, 2.75) is 12.6 Å². The van der Waals surface area contributed by atoms with Gasteiger partial charge >= 0.3 is 6.18 Å². The van der Waals surface area contributed by atoms with Gasteiger partial charge < -0.3 is 0 Å². The molecule has 1 amide bonds. The summed E-state index contributed by atoms with van der Waals surface area (Å²) in [5.41, 5.74) is 0.184. The molecule has 3 rings (SSSR count). The number of amidine groups is 1. The van der Waals surface area contributed by atoms with Crippen LogP contribution in [-0.2, 0) is 6.18 Å². The summed E-state index contributed by atoms with van der Waals surface area (Å²) in [5, 5.41) is 0.572. The number of halogens is 3. The molecule has 0 unspecified atom stereocenters. The van der Waals surface area contributed by atoms with Gasteiger partial charge in [-0.2, -0.15) is 13.2 Å². The highest BCUT2D eigenvalue weighted by Gasteiger charge is 2.31. The van der Waals surface area contributed by atoms with E-state index in [-0.39, 0.29) is 11.5 Å². The molecule has 1 heterocycles. The van der Waals surface area contributed by atoms with Gasteiger partial charge in [-0.05, 0) is 42.8 Å². The van der Waals surface area contributed by atoms with Crippen LogP contribution in [0.5, 0.6) is 0 Å². The summed E-state index contributed by atoms with van der Waals surface area (Å²) in [6.07, 6.45) is -3.60. The summed E-state index contributed by atoms with van der Waals surface area (Å²) in [4.78, 5) is 18.8. The third kappa shape index (κ3) is 4.22. The molecule has 1 fully saturated rings. The Balaban J connectivity index is 1.85. The lowest BCUT2D eigenvalue weighted by Crippen LogP contribution is -2.39. The number of aliphatic imine (C=N–C) groups is 1. The van der Waals surface area contributed by atoms with Gasteiger partial charge in [0.1, 0.15) is 0 Å². The molecule has 2 aromatic carbocycles. The Kier molecular flexibility index (Phi) is 5.13. The first kappa shape index (κ1) is 17.5.